The van der Waals surface area contributed by atoms with Gasteiger partial charge in [-0.05, 0) is 56.6 Å². The maximum absolute atomic E-state index is 13.0. The van der Waals surface area contributed by atoms with Crippen molar-refractivity contribution in [2.24, 2.45) is 0 Å². The average molecular weight is 340 g/mol. The first-order valence-corrected chi connectivity index (χ1v) is 9.68. The lowest BCUT2D eigenvalue weighted by Gasteiger charge is -2.26. The smallest absolute Gasteiger partial charge is 0.246 e. The van der Waals surface area contributed by atoms with Crippen LogP contribution in [0, 0.1) is 13.8 Å². The molecule has 5 nitrogen and oxygen atoms in total. The predicted octanol–water partition coefficient (Wildman–Crippen LogP) is 2.42. The van der Waals surface area contributed by atoms with Gasteiger partial charge in [-0.25, -0.2) is 8.42 Å². The molecule has 1 atom stereocenters. The lowest BCUT2D eigenvalue weighted by molar-refractivity contribution is 0.224. The van der Waals surface area contributed by atoms with Crippen LogP contribution in [0.3, 0.4) is 0 Å². The molecule has 1 aromatic carbocycles. The summed E-state index contributed by atoms with van der Waals surface area (Å²) in [6, 6.07) is 3.84. The average Bonchev–Trinajstić information content (AvgIpc) is 3.01. The summed E-state index contributed by atoms with van der Waals surface area (Å²) in [5.74, 6) is 0.430. The van der Waals surface area contributed by atoms with Crippen molar-refractivity contribution in [1.29, 1.82) is 0 Å². The molecule has 1 fully saturated rings. The Hall–Kier alpha value is -1.11. The highest BCUT2D eigenvalue weighted by molar-refractivity contribution is 7.89. The molecule has 1 saturated heterocycles. The highest BCUT2D eigenvalue weighted by Gasteiger charge is 2.36. The fraction of sp³-hybridized carbons (Fsp3) is 0.647. The van der Waals surface area contributed by atoms with Crippen LogP contribution in [0.4, 0.5) is 0 Å². The van der Waals surface area contributed by atoms with E-state index in [1.165, 1.54) is 7.11 Å². The summed E-state index contributed by atoms with van der Waals surface area (Å²) in [5, 5.41) is 0. The van der Waals surface area contributed by atoms with E-state index in [1.54, 1.807) is 16.4 Å². The van der Waals surface area contributed by atoms with Gasteiger partial charge in [-0.15, -0.1) is 0 Å². The zero-order valence-electron chi connectivity index (χ0n) is 14.8. The van der Waals surface area contributed by atoms with Crippen LogP contribution in [-0.4, -0.2) is 57.0 Å². The summed E-state index contributed by atoms with van der Waals surface area (Å²) in [7, 11) is -2.00. The number of methoxy groups -OCH3 is 1. The first kappa shape index (κ1) is 18.2. The van der Waals surface area contributed by atoms with Crippen LogP contribution in [0.2, 0.25) is 0 Å². The van der Waals surface area contributed by atoms with Gasteiger partial charge in [-0.3, -0.25) is 4.90 Å². The SMILES string of the molecule is CCN(CC)C1CCN(S(=O)(=O)c2cc(C)c(C)cc2OC)C1. The van der Waals surface area contributed by atoms with Gasteiger partial charge in [-0.2, -0.15) is 4.31 Å². The van der Waals surface area contributed by atoms with Crippen molar-refractivity contribution < 1.29 is 13.2 Å². The zero-order chi connectivity index (χ0) is 17.2. The summed E-state index contributed by atoms with van der Waals surface area (Å²) in [5.41, 5.74) is 1.99. The molecule has 0 bridgehead atoms. The van der Waals surface area contributed by atoms with Crippen LogP contribution in [0.15, 0.2) is 17.0 Å². The van der Waals surface area contributed by atoms with Crippen LogP contribution in [0.1, 0.15) is 31.4 Å². The summed E-state index contributed by atoms with van der Waals surface area (Å²) in [4.78, 5) is 2.61. The molecular formula is C17H28N2O3S. The third-order valence-electron chi connectivity index (χ3n) is 4.85. The van der Waals surface area contributed by atoms with Gasteiger partial charge in [0.05, 0.1) is 7.11 Å². The Labute approximate surface area is 140 Å². The van der Waals surface area contributed by atoms with E-state index >= 15 is 0 Å². The van der Waals surface area contributed by atoms with Gasteiger partial charge in [0.25, 0.3) is 0 Å². The molecule has 130 valence electrons. The maximum Gasteiger partial charge on any atom is 0.246 e. The van der Waals surface area contributed by atoms with Gasteiger partial charge < -0.3 is 4.74 Å². The highest BCUT2D eigenvalue weighted by Crippen LogP contribution is 2.32. The van der Waals surface area contributed by atoms with E-state index in [4.69, 9.17) is 4.74 Å². The molecule has 0 aliphatic carbocycles. The van der Waals surface area contributed by atoms with Gasteiger partial charge in [0, 0.05) is 19.1 Å². The van der Waals surface area contributed by atoms with Crippen molar-refractivity contribution in [2.45, 2.75) is 45.1 Å². The number of hydrogen-bond acceptors (Lipinski definition) is 4. The monoisotopic (exact) mass is 340 g/mol. The van der Waals surface area contributed by atoms with E-state index in [-0.39, 0.29) is 4.90 Å². The zero-order valence-corrected chi connectivity index (χ0v) is 15.6. The van der Waals surface area contributed by atoms with E-state index in [2.05, 4.69) is 18.7 Å². The molecule has 1 aliphatic heterocycles. The number of likely N-dealkylation sites (N-methyl/N-ethyl adjacent to an activating group) is 1. The Kier molecular flexibility index (Phi) is 5.70. The van der Waals surface area contributed by atoms with E-state index in [1.807, 2.05) is 13.8 Å². The lowest BCUT2D eigenvalue weighted by Crippen LogP contribution is -2.38. The lowest BCUT2D eigenvalue weighted by atomic mass is 10.1. The molecule has 23 heavy (non-hydrogen) atoms. The molecule has 1 heterocycles. The Morgan fingerprint density at radius 2 is 1.83 bits per heavy atom. The van der Waals surface area contributed by atoms with Crippen molar-refractivity contribution in [3.05, 3.63) is 23.3 Å². The van der Waals surface area contributed by atoms with Crippen molar-refractivity contribution in [2.75, 3.05) is 33.3 Å². The largest absolute Gasteiger partial charge is 0.495 e. The number of sulfonamides is 1. The fourth-order valence-electron chi connectivity index (χ4n) is 3.23. The Bertz CT molecular complexity index is 654. The number of hydrogen-bond donors (Lipinski definition) is 0. The van der Waals surface area contributed by atoms with Gasteiger partial charge >= 0.3 is 0 Å². The van der Waals surface area contributed by atoms with Crippen LogP contribution < -0.4 is 4.74 Å². The molecule has 0 aromatic heterocycles. The van der Waals surface area contributed by atoms with E-state index < -0.39 is 10.0 Å². The van der Waals surface area contributed by atoms with E-state index in [0.29, 0.717) is 24.9 Å². The minimum absolute atomic E-state index is 0.281. The number of benzene rings is 1. The number of aryl methyl sites for hydroxylation is 2. The van der Waals surface area contributed by atoms with Crippen LogP contribution in [-0.2, 0) is 10.0 Å². The molecule has 0 spiro atoms. The molecule has 1 aliphatic rings. The standard InChI is InChI=1S/C17H28N2O3S/c1-6-18(7-2)15-8-9-19(12-15)23(20,21)17-11-14(4)13(3)10-16(17)22-5/h10-11,15H,6-9,12H2,1-5H3. The third kappa shape index (κ3) is 3.54. The Morgan fingerprint density at radius 1 is 1.22 bits per heavy atom. The first-order valence-electron chi connectivity index (χ1n) is 8.24. The summed E-state index contributed by atoms with van der Waals surface area (Å²) in [6.07, 6.45) is 0.883. The molecule has 0 amide bonds. The minimum Gasteiger partial charge on any atom is -0.495 e. The van der Waals surface area contributed by atoms with Crippen LogP contribution in [0.5, 0.6) is 5.75 Å². The second-order valence-electron chi connectivity index (χ2n) is 6.11. The first-order chi connectivity index (χ1) is 10.8. The quantitative estimate of drug-likeness (QED) is 0.798. The predicted molar refractivity (Wildman–Crippen MR) is 92.6 cm³/mol. The Balaban J connectivity index is 2.32. The number of rotatable bonds is 6. The molecule has 0 N–H and O–H groups in total. The second kappa shape index (κ2) is 7.20. The normalized spacial score (nSPS) is 19.5. The highest BCUT2D eigenvalue weighted by atomic mass is 32.2. The minimum atomic E-state index is -3.52. The van der Waals surface area contributed by atoms with Crippen molar-refractivity contribution >= 4 is 10.0 Å². The van der Waals surface area contributed by atoms with E-state index in [9.17, 15) is 8.42 Å². The molecule has 0 radical (unpaired) electrons. The summed E-state index contributed by atoms with van der Waals surface area (Å²) in [6.45, 7) is 11.1. The third-order valence-corrected chi connectivity index (χ3v) is 6.74. The topological polar surface area (TPSA) is 49.9 Å². The molecule has 0 saturated carbocycles. The Morgan fingerprint density at radius 3 is 2.39 bits per heavy atom. The van der Waals surface area contributed by atoms with Gasteiger partial charge in [0.2, 0.25) is 10.0 Å². The van der Waals surface area contributed by atoms with Gasteiger partial charge in [0.1, 0.15) is 10.6 Å². The van der Waals surface area contributed by atoms with Crippen molar-refractivity contribution in [3.8, 4) is 5.75 Å². The second-order valence-corrected chi connectivity index (χ2v) is 8.02. The maximum atomic E-state index is 13.0. The van der Waals surface area contributed by atoms with Gasteiger partial charge in [-0.1, -0.05) is 13.8 Å². The van der Waals surface area contributed by atoms with Gasteiger partial charge in [0.15, 0.2) is 0 Å². The summed E-state index contributed by atoms with van der Waals surface area (Å²) < 4.78 is 33.0. The number of ether oxygens (including phenoxy) is 1. The van der Waals surface area contributed by atoms with Crippen LogP contribution in [0.25, 0.3) is 0 Å². The van der Waals surface area contributed by atoms with Crippen molar-refractivity contribution in [1.82, 2.24) is 9.21 Å². The number of nitrogens with zero attached hydrogens (tertiary/aromatic N) is 2. The molecule has 1 unspecified atom stereocenters. The van der Waals surface area contributed by atoms with Crippen molar-refractivity contribution in [3.63, 3.8) is 0 Å². The molecule has 1 aromatic rings. The fourth-order valence-corrected chi connectivity index (χ4v) is 4.94. The summed E-state index contributed by atoms with van der Waals surface area (Å²) >= 11 is 0. The van der Waals surface area contributed by atoms with E-state index in [0.717, 1.165) is 30.6 Å². The molecule has 2 rings (SSSR count). The molecular weight excluding hydrogens is 312 g/mol. The molecule has 6 heteroatoms. The van der Waals surface area contributed by atoms with Crippen LogP contribution >= 0.6 is 0 Å².